The van der Waals surface area contributed by atoms with Gasteiger partial charge in [0, 0.05) is 0 Å². The van der Waals surface area contributed by atoms with E-state index in [0.717, 1.165) is 22.3 Å². The van der Waals surface area contributed by atoms with Gasteiger partial charge >= 0.3 is 5.97 Å². The molecule has 0 N–H and O–H groups in total. The summed E-state index contributed by atoms with van der Waals surface area (Å²) in [5.41, 5.74) is 4.21. The van der Waals surface area contributed by atoms with Crippen molar-refractivity contribution in [1.82, 2.24) is 0 Å². The van der Waals surface area contributed by atoms with Crippen molar-refractivity contribution in [3.8, 4) is 11.5 Å². The topological polar surface area (TPSA) is 109 Å². The van der Waals surface area contributed by atoms with E-state index in [1.165, 1.54) is 0 Å². The molecule has 2 aliphatic rings. The Morgan fingerprint density at radius 2 is 0.953 bits per heavy atom. The van der Waals surface area contributed by atoms with Gasteiger partial charge in [-0.2, -0.15) is 0 Å². The average Bonchev–Trinajstić information content (AvgIpc) is 3.35. The van der Waals surface area contributed by atoms with Gasteiger partial charge in [-0.1, -0.05) is 140 Å². The summed E-state index contributed by atoms with van der Waals surface area (Å²) in [5, 5.41) is 0. The van der Waals surface area contributed by atoms with Gasteiger partial charge in [-0.05, 0) is 65.6 Å². The number of methoxy groups -OCH3 is 1. The number of carbonyl (C=O) groups excluding carboxylic acids is 1. The molecule has 0 amide bonds. The molecule has 0 unspecified atom stereocenters. The summed E-state index contributed by atoms with van der Waals surface area (Å²) < 4.78 is 65.9. The van der Waals surface area contributed by atoms with Crippen molar-refractivity contribution in [3.05, 3.63) is 204 Å². The third-order valence-corrected chi connectivity index (χ3v) is 11.1. The Morgan fingerprint density at radius 1 is 0.500 bits per heavy atom. The quantitative estimate of drug-likeness (QED) is 0.0728. The molecule has 0 bridgehead atoms. The highest BCUT2D eigenvalue weighted by atomic mass is 16.8. The molecule has 6 aromatic carbocycles. The lowest BCUT2D eigenvalue weighted by atomic mass is 9.97. The molecule has 2 heterocycles. The van der Waals surface area contributed by atoms with Gasteiger partial charge in [0.1, 0.15) is 35.9 Å². The number of hydrogen-bond acceptors (Lipinski definition) is 11. The zero-order chi connectivity index (χ0) is 43.9. The number of benzene rings is 6. The Kier molecular flexibility index (Phi) is 15.8. The largest absolute Gasteiger partial charge is 0.497 e. The predicted molar refractivity (Wildman–Crippen MR) is 238 cm³/mol. The van der Waals surface area contributed by atoms with Gasteiger partial charge in [0.2, 0.25) is 6.29 Å². The number of ether oxygens (including phenoxy) is 10. The van der Waals surface area contributed by atoms with Crippen molar-refractivity contribution in [3.63, 3.8) is 0 Å². The second-order valence-corrected chi connectivity index (χ2v) is 15.7. The van der Waals surface area contributed by atoms with Gasteiger partial charge in [0.15, 0.2) is 18.5 Å². The summed E-state index contributed by atoms with van der Waals surface area (Å²) >= 11 is 0. The lowest BCUT2D eigenvalue weighted by molar-refractivity contribution is -0.359. The highest BCUT2D eigenvalue weighted by molar-refractivity contribution is 5.89. The van der Waals surface area contributed by atoms with Crippen LogP contribution in [0, 0.1) is 0 Å². The highest BCUT2D eigenvalue weighted by Gasteiger charge is 2.53. The van der Waals surface area contributed by atoms with E-state index in [9.17, 15) is 4.79 Å². The summed E-state index contributed by atoms with van der Waals surface area (Å²) in [6, 6.07) is 55.5. The molecule has 9 atom stereocenters. The fourth-order valence-corrected chi connectivity index (χ4v) is 7.74. The normalized spacial score (nSPS) is 24.4. The van der Waals surface area contributed by atoms with E-state index in [4.69, 9.17) is 47.4 Å². The standard InChI is InChI=1S/C53H54O11/c1-37-46(57-33-39-20-10-4-11-21-39)48(58-34-40-22-12-5-13-23-40)49(59-35-41-24-14-6-15-25-41)53(61-37)64-50-47(63-51(54)42-26-16-7-17-27-42)45(56-32-38-18-8-3-9-19-38)36-60-52(50)62-44-30-28-43(55-2)29-31-44/h3-31,37,45-50,52-53H,32-36H2,1-2H3/t37-,45+,46-,47-,48+,49+,50-,52+,53-/m0/s1. The predicted octanol–water partition coefficient (Wildman–Crippen LogP) is 9.13. The van der Waals surface area contributed by atoms with Crippen molar-refractivity contribution in [1.29, 1.82) is 0 Å². The Morgan fingerprint density at radius 3 is 1.47 bits per heavy atom. The van der Waals surface area contributed by atoms with Crippen LogP contribution in [0.25, 0.3) is 0 Å². The molecule has 8 rings (SSSR count). The fraction of sp³-hybridized carbons (Fsp3) is 0.302. The molecule has 0 aliphatic carbocycles. The third-order valence-electron chi connectivity index (χ3n) is 11.1. The van der Waals surface area contributed by atoms with E-state index < -0.39 is 61.3 Å². The van der Waals surface area contributed by atoms with Crippen LogP contribution in [-0.2, 0) is 64.3 Å². The maximum Gasteiger partial charge on any atom is 0.338 e. The maximum atomic E-state index is 14.1. The van der Waals surface area contributed by atoms with Crippen molar-refractivity contribution in [2.24, 2.45) is 0 Å². The molecule has 332 valence electrons. The first kappa shape index (κ1) is 44.7. The van der Waals surface area contributed by atoms with E-state index in [-0.39, 0.29) is 26.4 Å². The van der Waals surface area contributed by atoms with Crippen LogP contribution in [0.3, 0.4) is 0 Å². The molecule has 2 saturated heterocycles. The first-order chi connectivity index (χ1) is 31.5. The molecule has 0 radical (unpaired) electrons. The molecule has 0 aromatic heterocycles. The number of hydrogen-bond donors (Lipinski definition) is 0. The van der Waals surface area contributed by atoms with Crippen LogP contribution in [0.15, 0.2) is 176 Å². The van der Waals surface area contributed by atoms with Crippen LogP contribution in [-0.4, -0.2) is 75.0 Å². The minimum absolute atomic E-state index is 0.0221. The lowest BCUT2D eigenvalue weighted by Gasteiger charge is -2.48. The van der Waals surface area contributed by atoms with Crippen molar-refractivity contribution in [2.45, 2.75) is 88.7 Å². The first-order valence-corrected chi connectivity index (χ1v) is 21.6. The SMILES string of the molecule is COc1ccc(O[C@H]2OC[C@@H](OCc3ccccc3)[C@H](OC(=O)c3ccccc3)[C@@H]2O[C@@H]2O[C@@H](C)[C@H](OCc3ccccc3)[C@@H](OCc3ccccc3)[C@H]2OCc2ccccc2)cc1. The van der Waals surface area contributed by atoms with Crippen LogP contribution < -0.4 is 9.47 Å². The summed E-state index contributed by atoms with van der Waals surface area (Å²) in [4.78, 5) is 14.1. The van der Waals surface area contributed by atoms with Crippen LogP contribution in [0.2, 0.25) is 0 Å². The molecule has 64 heavy (non-hydrogen) atoms. The van der Waals surface area contributed by atoms with E-state index in [1.807, 2.05) is 134 Å². The molecular formula is C53H54O11. The Labute approximate surface area is 374 Å². The maximum absolute atomic E-state index is 14.1. The van der Waals surface area contributed by atoms with Crippen LogP contribution in [0.1, 0.15) is 39.5 Å². The molecule has 11 heteroatoms. The third kappa shape index (κ3) is 12.0. The van der Waals surface area contributed by atoms with E-state index >= 15 is 0 Å². The van der Waals surface area contributed by atoms with Gasteiger partial charge in [0.05, 0.1) is 51.8 Å². The second kappa shape index (κ2) is 22.6. The Hall–Kier alpha value is -5.89. The minimum atomic E-state index is -1.12. The number of esters is 1. The minimum Gasteiger partial charge on any atom is -0.497 e. The first-order valence-electron chi connectivity index (χ1n) is 21.6. The molecule has 0 saturated carbocycles. The molecule has 2 fully saturated rings. The zero-order valence-electron chi connectivity index (χ0n) is 36.0. The molecule has 6 aromatic rings. The smallest absolute Gasteiger partial charge is 0.338 e. The lowest BCUT2D eigenvalue weighted by Crippen LogP contribution is -2.64. The molecule has 0 spiro atoms. The highest BCUT2D eigenvalue weighted by Crippen LogP contribution is 2.35. The molecule has 2 aliphatic heterocycles. The van der Waals surface area contributed by atoms with Crippen molar-refractivity contribution in [2.75, 3.05) is 13.7 Å². The van der Waals surface area contributed by atoms with E-state index in [1.54, 1.807) is 55.6 Å². The van der Waals surface area contributed by atoms with E-state index in [0.29, 0.717) is 23.7 Å². The van der Waals surface area contributed by atoms with E-state index in [2.05, 4.69) is 0 Å². The van der Waals surface area contributed by atoms with Crippen LogP contribution >= 0.6 is 0 Å². The van der Waals surface area contributed by atoms with Crippen molar-refractivity contribution >= 4 is 5.97 Å². The second-order valence-electron chi connectivity index (χ2n) is 15.7. The molecule has 11 nitrogen and oxygen atoms in total. The summed E-state index contributed by atoms with van der Waals surface area (Å²) in [7, 11) is 1.60. The average molecular weight is 867 g/mol. The van der Waals surface area contributed by atoms with Gasteiger partial charge in [-0.25, -0.2) is 4.79 Å². The monoisotopic (exact) mass is 866 g/mol. The summed E-state index contributed by atoms with van der Waals surface area (Å²) in [6.45, 7) is 2.97. The van der Waals surface area contributed by atoms with Gasteiger partial charge in [-0.15, -0.1) is 0 Å². The Bertz CT molecular complexity index is 2270. The van der Waals surface area contributed by atoms with Gasteiger partial charge < -0.3 is 47.4 Å². The van der Waals surface area contributed by atoms with Crippen LogP contribution in [0.4, 0.5) is 0 Å². The number of rotatable bonds is 19. The Balaban J connectivity index is 1.16. The van der Waals surface area contributed by atoms with Crippen LogP contribution in [0.5, 0.6) is 11.5 Å². The zero-order valence-corrected chi connectivity index (χ0v) is 36.0. The number of carbonyl (C=O) groups is 1. The van der Waals surface area contributed by atoms with Gasteiger partial charge in [0.25, 0.3) is 0 Å². The fourth-order valence-electron chi connectivity index (χ4n) is 7.74. The van der Waals surface area contributed by atoms with Gasteiger partial charge in [-0.3, -0.25) is 0 Å². The summed E-state index contributed by atoms with van der Waals surface area (Å²) in [6.07, 6.45) is -7.93. The summed E-state index contributed by atoms with van der Waals surface area (Å²) in [5.74, 6) is 0.567. The van der Waals surface area contributed by atoms with Crippen molar-refractivity contribution < 1.29 is 52.2 Å². The molecular weight excluding hydrogens is 813 g/mol.